The Hall–Kier alpha value is -7.94. The Kier molecular flexibility index (Phi) is 8.05. The highest BCUT2D eigenvalue weighted by Crippen LogP contribution is 2.65. The molecule has 2 nitrogen and oxygen atoms in total. The Morgan fingerprint density at radius 1 is 0.422 bits per heavy atom. The van der Waals surface area contributed by atoms with Crippen LogP contribution in [-0.2, 0) is 10.8 Å². The number of hydrogen-bond acceptors (Lipinski definition) is 2. The van der Waals surface area contributed by atoms with Gasteiger partial charge in [-0.05, 0) is 116 Å². The van der Waals surface area contributed by atoms with Gasteiger partial charge in [0.1, 0.15) is 11.2 Å². The molecule has 1 atom stereocenters. The normalized spacial score (nSPS) is 16.5. The van der Waals surface area contributed by atoms with E-state index in [0.717, 1.165) is 56.5 Å². The van der Waals surface area contributed by atoms with Gasteiger partial charge in [0, 0.05) is 38.8 Å². The molecule has 0 aliphatic heterocycles. The van der Waals surface area contributed by atoms with Gasteiger partial charge in [-0.15, -0.1) is 0 Å². The number of nitrogens with zero attached hydrogens (tertiary/aromatic N) is 1. The minimum absolute atomic E-state index is 0.222. The predicted octanol–water partition coefficient (Wildman–Crippen LogP) is 16.4. The number of benzene rings is 9. The molecule has 0 fully saturated rings. The lowest BCUT2D eigenvalue weighted by molar-refractivity contribution is 0.546. The van der Waals surface area contributed by atoms with Gasteiger partial charge in [-0.1, -0.05) is 195 Å². The van der Waals surface area contributed by atoms with E-state index in [1.54, 1.807) is 0 Å². The summed E-state index contributed by atoms with van der Waals surface area (Å²) in [5.74, 6) is 0. The van der Waals surface area contributed by atoms with Crippen molar-refractivity contribution in [3.05, 3.63) is 264 Å². The van der Waals surface area contributed by atoms with Crippen molar-refractivity contribution in [3.8, 4) is 33.4 Å². The van der Waals surface area contributed by atoms with Crippen LogP contribution in [0.2, 0.25) is 0 Å². The van der Waals surface area contributed by atoms with Gasteiger partial charge in [0.2, 0.25) is 0 Å². The zero-order valence-corrected chi connectivity index (χ0v) is 35.5. The molecule has 1 unspecified atom stereocenters. The minimum atomic E-state index is -0.324. The first-order chi connectivity index (χ1) is 31.6. The van der Waals surface area contributed by atoms with Gasteiger partial charge >= 0.3 is 0 Å². The third kappa shape index (κ3) is 5.33. The molecule has 1 heterocycles. The summed E-state index contributed by atoms with van der Waals surface area (Å²) in [7, 11) is 0. The maximum atomic E-state index is 6.45. The van der Waals surface area contributed by atoms with Gasteiger partial charge in [0.05, 0.1) is 5.41 Å². The predicted molar refractivity (Wildman–Crippen MR) is 266 cm³/mol. The fourth-order valence-corrected chi connectivity index (χ4v) is 11.4. The highest BCUT2D eigenvalue weighted by Gasteiger charge is 2.54. The van der Waals surface area contributed by atoms with Crippen LogP contribution in [0.5, 0.6) is 0 Å². The monoisotopic (exact) mass is 817 g/mol. The molecule has 0 saturated carbocycles. The fourth-order valence-electron chi connectivity index (χ4n) is 11.4. The van der Waals surface area contributed by atoms with Crippen LogP contribution in [0.25, 0.3) is 60.9 Å². The summed E-state index contributed by atoms with van der Waals surface area (Å²) in [5.41, 5.74) is 21.6. The number of fused-ring (bicyclic) bond motifs is 12. The van der Waals surface area contributed by atoms with Gasteiger partial charge in [-0.2, -0.15) is 0 Å². The van der Waals surface area contributed by atoms with Crippen LogP contribution < -0.4 is 4.90 Å². The van der Waals surface area contributed by atoms with Crippen molar-refractivity contribution in [2.45, 2.75) is 24.2 Å². The summed E-state index contributed by atoms with van der Waals surface area (Å²) >= 11 is 0. The van der Waals surface area contributed by atoms with Crippen molar-refractivity contribution < 1.29 is 4.42 Å². The summed E-state index contributed by atoms with van der Waals surface area (Å²) in [6.07, 6.45) is 5.81. The highest BCUT2D eigenvalue weighted by atomic mass is 16.3. The Morgan fingerprint density at radius 3 is 1.59 bits per heavy atom. The second kappa shape index (κ2) is 14.0. The van der Waals surface area contributed by atoms with E-state index in [9.17, 15) is 0 Å². The SMILES string of the molecule is CC1(c2ccc(N(c3ccc(-c4ccccc4)cc3)c3ccc(-c4cccc5c4oc4ccccc45)cc3)cc2)C=CC2=C(C1)C1(c3ccccc32)c2ccccc2-c2ccccc21. The van der Waals surface area contributed by atoms with Gasteiger partial charge in [0.25, 0.3) is 0 Å². The zero-order chi connectivity index (χ0) is 42.4. The van der Waals surface area contributed by atoms with E-state index in [1.807, 2.05) is 12.1 Å². The molecule has 0 radical (unpaired) electrons. The quantitative estimate of drug-likeness (QED) is 0.166. The smallest absolute Gasteiger partial charge is 0.143 e. The molecular weight excluding hydrogens is 775 g/mol. The Labute approximate surface area is 373 Å². The molecule has 0 bridgehead atoms. The van der Waals surface area contributed by atoms with Crippen molar-refractivity contribution >= 4 is 44.6 Å². The van der Waals surface area contributed by atoms with Crippen molar-refractivity contribution in [3.63, 3.8) is 0 Å². The molecule has 1 aromatic heterocycles. The molecule has 0 amide bonds. The Balaban J connectivity index is 0.887. The molecule has 2 heteroatoms. The largest absolute Gasteiger partial charge is 0.455 e. The molecule has 9 aromatic carbocycles. The average Bonchev–Trinajstić information content (AvgIpc) is 3.99. The van der Waals surface area contributed by atoms with E-state index in [-0.39, 0.29) is 10.8 Å². The van der Waals surface area contributed by atoms with Crippen LogP contribution in [0.1, 0.15) is 41.2 Å². The van der Waals surface area contributed by atoms with E-state index in [0.29, 0.717) is 0 Å². The number of allylic oxidation sites excluding steroid dienone is 4. The minimum Gasteiger partial charge on any atom is -0.455 e. The van der Waals surface area contributed by atoms with Crippen LogP contribution in [0.3, 0.4) is 0 Å². The van der Waals surface area contributed by atoms with Gasteiger partial charge in [-0.3, -0.25) is 0 Å². The van der Waals surface area contributed by atoms with E-state index in [1.165, 1.54) is 61.2 Å². The molecule has 10 aromatic rings. The number of rotatable bonds is 6. The third-order valence-electron chi connectivity index (χ3n) is 14.4. The van der Waals surface area contributed by atoms with E-state index in [4.69, 9.17) is 4.42 Å². The number of para-hydroxylation sites is 2. The molecule has 3 aliphatic carbocycles. The first kappa shape index (κ1) is 36.7. The summed E-state index contributed by atoms with van der Waals surface area (Å²) in [6, 6.07) is 79.9. The topological polar surface area (TPSA) is 16.4 Å². The van der Waals surface area contributed by atoms with Crippen LogP contribution in [0.15, 0.2) is 241 Å². The van der Waals surface area contributed by atoms with Gasteiger partial charge in [0.15, 0.2) is 0 Å². The lowest BCUT2D eigenvalue weighted by Crippen LogP contribution is -2.32. The van der Waals surface area contributed by atoms with Crippen molar-refractivity contribution in [2.75, 3.05) is 4.90 Å². The number of furan rings is 1. The summed E-state index contributed by atoms with van der Waals surface area (Å²) in [6.45, 7) is 2.42. The molecule has 13 rings (SSSR count). The highest BCUT2D eigenvalue weighted by molar-refractivity contribution is 6.09. The Bertz CT molecular complexity index is 3470. The average molecular weight is 818 g/mol. The lowest BCUT2D eigenvalue weighted by atomic mass is 9.63. The molecule has 0 saturated heterocycles. The third-order valence-corrected chi connectivity index (χ3v) is 14.4. The fraction of sp³-hybridized carbons (Fsp3) is 0.0645. The summed E-state index contributed by atoms with van der Waals surface area (Å²) in [5, 5.41) is 2.28. The zero-order valence-electron chi connectivity index (χ0n) is 35.5. The first-order valence-corrected chi connectivity index (χ1v) is 22.4. The Morgan fingerprint density at radius 2 is 0.922 bits per heavy atom. The van der Waals surface area contributed by atoms with E-state index < -0.39 is 0 Å². The van der Waals surface area contributed by atoms with Gasteiger partial charge < -0.3 is 9.32 Å². The van der Waals surface area contributed by atoms with Gasteiger partial charge in [-0.25, -0.2) is 0 Å². The lowest BCUT2D eigenvalue weighted by Gasteiger charge is -2.39. The molecule has 0 N–H and O–H groups in total. The van der Waals surface area contributed by atoms with Crippen molar-refractivity contribution in [1.82, 2.24) is 0 Å². The maximum Gasteiger partial charge on any atom is 0.143 e. The second-order valence-electron chi connectivity index (χ2n) is 17.8. The second-order valence-corrected chi connectivity index (χ2v) is 17.8. The molecule has 3 aliphatic rings. The standard InChI is InChI=1S/C62H43NO/c1-61(39-38-52-51-18-7-11-24-57(51)62(58(52)40-61)55-22-9-5-16-49(55)50-17-6-10-23-56(50)62)44-30-36-47(37-31-44)63(45-32-26-42(27-33-45)41-14-3-2-4-15-41)46-34-28-43(29-35-46)48-20-13-21-54-53-19-8-12-25-59(53)64-60(48)54/h2-39H,40H2,1H3. The molecule has 1 spiro atoms. The number of hydrogen-bond donors (Lipinski definition) is 0. The first-order valence-electron chi connectivity index (χ1n) is 22.4. The number of anilines is 3. The van der Waals surface area contributed by atoms with Crippen molar-refractivity contribution in [2.24, 2.45) is 0 Å². The van der Waals surface area contributed by atoms with E-state index in [2.05, 4.69) is 230 Å². The molecule has 64 heavy (non-hydrogen) atoms. The summed E-state index contributed by atoms with van der Waals surface area (Å²) < 4.78 is 6.45. The van der Waals surface area contributed by atoms with Crippen LogP contribution in [-0.4, -0.2) is 0 Å². The van der Waals surface area contributed by atoms with E-state index >= 15 is 0 Å². The summed E-state index contributed by atoms with van der Waals surface area (Å²) in [4.78, 5) is 2.37. The molecule has 302 valence electrons. The molecular formula is C62H43NO. The van der Waals surface area contributed by atoms with Crippen LogP contribution in [0.4, 0.5) is 17.1 Å². The van der Waals surface area contributed by atoms with Crippen LogP contribution in [0, 0.1) is 0 Å². The maximum absolute atomic E-state index is 6.45. The van der Waals surface area contributed by atoms with Crippen LogP contribution >= 0.6 is 0 Å². The van der Waals surface area contributed by atoms with Crippen molar-refractivity contribution in [1.29, 1.82) is 0 Å².